The van der Waals surface area contributed by atoms with Gasteiger partial charge >= 0.3 is 0 Å². The van der Waals surface area contributed by atoms with Gasteiger partial charge in [-0.05, 0) is 42.8 Å². The second kappa shape index (κ2) is 7.19. The van der Waals surface area contributed by atoms with Gasteiger partial charge in [-0.3, -0.25) is 4.79 Å². The monoisotopic (exact) mass is 389 g/mol. The number of amides is 1. The van der Waals surface area contributed by atoms with E-state index in [-0.39, 0.29) is 11.2 Å². The zero-order valence-electron chi connectivity index (χ0n) is 12.5. The number of rotatable bonds is 5. The lowest BCUT2D eigenvalue weighted by Crippen LogP contribution is -2.24. The number of thioether (sulfide) groups is 1. The van der Waals surface area contributed by atoms with Crippen molar-refractivity contribution in [2.45, 2.75) is 23.8 Å². The first-order valence-electron chi connectivity index (χ1n) is 7.33. The number of aromatic nitrogens is 2. The molecule has 0 unspecified atom stereocenters. The van der Waals surface area contributed by atoms with Crippen molar-refractivity contribution in [3.8, 4) is 0 Å². The third-order valence-electron chi connectivity index (χ3n) is 3.40. The molecule has 0 aliphatic rings. The Morgan fingerprint density at radius 1 is 1.26 bits per heavy atom. The highest BCUT2D eigenvalue weighted by molar-refractivity contribution is 9.10. The van der Waals surface area contributed by atoms with Crippen molar-refractivity contribution in [1.29, 1.82) is 0 Å². The normalized spacial score (nSPS) is 12.3. The summed E-state index contributed by atoms with van der Waals surface area (Å²) in [5.41, 5.74) is 2.69. The van der Waals surface area contributed by atoms with Crippen LogP contribution in [-0.4, -0.2) is 21.1 Å². The average molecular weight is 390 g/mol. The van der Waals surface area contributed by atoms with Crippen LogP contribution in [-0.2, 0) is 4.79 Å². The maximum atomic E-state index is 12.5. The lowest BCUT2D eigenvalue weighted by molar-refractivity contribution is -0.115. The molecule has 0 fully saturated rings. The Morgan fingerprint density at radius 3 is 2.70 bits per heavy atom. The molecule has 0 saturated carbocycles. The van der Waals surface area contributed by atoms with Crippen LogP contribution in [0.15, 0.2) is 58.2 Å². The van der Waals surface area contributed by atoms with Crippen molar-refractivity contribution in [2.75, 3.05) is 5.32 Å². The van der Waals surface area contributed by atoms with E-state index in [1.165, 1.54) is 11.8 Å². The summed E-state index contributed by atoms with van der Waals surface area (Å²) in [5.74, 6) is -0.0136. The van der Waals surface area contributed by atoms with E-state index in [1.807, 2.05) is 55.5 Å². The number of imidazole rings is 1. The van der Waals surface area contributed by atoms with E-state index in [0.717, 1.165) is 32.8 Å². The van der Waals surface area contributed by atoms with Crippen LogP contribution in [0.2, 0.25) is 0 Å². The van der Waals surface area contributed by atoms with Gasteiger partial charge in [-0.2, -0.15) is 0 Å². The maximum absolute atomic E-state index is 12.5. The molecule has 2 aromatic carbocycles. The summed E-state index contributed by atoms with van der Waals surface area (Å²) in [6.45, 7) is 2.00. The summed E-state index contributed by atoms with van der Waals surface area (Å²) in [6, 6.07) is 15.4. The van der Waals surface area contributed by atoms with Crippen LogP contribution >= 0.6 is 27.7 Å². The number of nitrogens with zero attached hydrogens (tertiary/aromatic N) is 1. The molecule has 3 rings (SSSR count). The molecule has 118 valence electrons. The first-order chi connectivity index (χ1) is 11.2. The highest BCUT2D eigenvalue weighted by atomic mass is 79.9. The number of carbonyl (C=O) groups is 1. The fraction of sp³-hybridized carbons (Fsp3) is 0.176. The molecule has 4 nitrogen and oxygen atoms in total. The quantitative estimate of drug-likeness (QED) is 0.614. The molecule has 6 heteroatoms. The second-order valence-electron chi connectivity index (χ2n) is 5.07. The van der Waals surface area contributed by atoms with Gasteiger partial charge in [-0.1, -0.05) is 46.7 Å². The zero-order chi connectivity index (χ0) is 16.2. The Bertz CT molecular complexity index is 783. The van der Waals surface area contributed by atoms with Crippen molar-refractivity contribution in [3.05, 3.63) is 53.0 Å². The molecule has 1 amide bonds. The molecule has 1 atom stereocenters. The summed E-state index contributed by atoms with van der Waals surface area (Å²) < 4.78 is 0.985. The summed E-state index contributed by atoms with van der Waals surface area (Å²) in [4.78, 5) is 20.2. The number of H-pyrrole nitrogens is 1. The van der Waals surface area contributed by atoms with Crippen LogP contribution in [0.25, 0.3) is 11.0 Å². The van der Waals surface area contributed by atoms with Gasteiger partial charge in [0.15, 0.2) is 5.16 Å². The van der Waals surface area contributed by atoms with Crippen molar-refractivity contribution in [2.24, 2.45) is 0 Å². The van der Waals surface area contributed by atoms with Crippen LogP contribution in [0.5, 0.6) is 0 Å². The van der Waals surface area contributed by atoms with Gasteiger partial charge in [0.2, 0.25) is 5.91 Å². The number of benzene rings is 2. The molecule has 0 aliphatic carbocycles. The molecule has 0 bridgehead atoms. The lowest BCUT2D eigenvalue weighted by atomic mass is 10.3. The summed E-state index contributed by atoms with van der Waals surface area (Å²) in [6.07, 6.45) is 0.726. The number of hydrogen-bond donors (Lipinski definition) is 2. The van der Waals surface area contributed by atoms with E-state index in [9.17, 15) is 4.79 Å². The van der Waals surface area contributed by atoms with Gasteiger partial charge in [-0.15, -0.1) is 0 Å². The Labute approximate surface area is 147 Å². The van der Waals surface area contributed by atoms with Crippen molar-refractivity contribution >= 4 is 50.3 Å². The maximum Gasteiger partial charge on any atom is 0.237 e. The van der Waals surface area contributed by atoms with E-state index in [1.54, 1.807) is 0 Å². The molecule has 23 heavy (non-hydrogen) atoms. The van der Waals surface area contributed by atoms with Gasteiger partial charge in [0.05, 0.1) is 16.3 Å². The molecule has 0 radical (unpaired) electrons. The van der Waals surface area contributed by atoms with Crippen LogP contribution < -0.4 is 5.32 Å². The highest BCUT2D eigenvalue weighted by Crippen LogP contribution is 2.26. The van der Waals surface area contributed by atoms with E-state index in [4.69, 9.17) is 0 Å². The highest BCUT2D eigenvalue weighted by Gasteiger charge is 2.19. The first kappa shape index (κ1) is 16.1. The van der Waals surface area contributed by atoms with Crippen LogP contribution in [0.3, 0.4) is 0 Å². The molecular weight excluding hydrogens is 374 g/mol. The summed E-state index contributed by atoms with van der Waals surface area (Å²) in [7, 11) is 0. The van der Waals surface area contributed by atoms with Gasteiger partial charge in [-0.25, -0.2) is 4.98 Å². The minimum Gasteiger partial charge on any atom is -0.333 e. The Kier molecular flexibility index (Phi) is 5.03. The number of fused-ring (bicyclic) bond motifs is 1. The second-order valence-corrected chi connectivity index (χ2v) is 7.18. The molecule has 2 N–H and O–H groups in total. The SMILES string of the molecule is CC[C@@H](Sc1nc2ccccc2[nH]1)C(=O)Nc1ccc(Br)cc1. The number of para-hydroxylation sites is 2. The smallest absolute Gasteiger partial charge is 0.237 e. The number of carbonyl (C=O) groups excluding carboxylic acids is 1. The first-order valence-corrected chi connectivity index (χ1v) is 9.01. The van der Waals surface area contributed by atoms with E-state index >= 15 is 0 Å². The summed E-state index contributed by atoms with van der Waals surface area (Å²) in [5, 5.41) is 3.52. The number of nitrogens with one attached hydrogen (secondary N) is 2. The Morgan fingerprint density at radius 2 is 2.00 bits per heavy atom. The topological polar surface area (TPSA) is 57.8 Å². The average Bonchev–Trinajstić information content (AvgIpc) is 2.97. The molecule has 1 aromatic heterocycles. The predicted molar refractivity (Wildman–Crippen MR) is 98.8 cm³/mol. The van der Waals surface area contributed by atoms with Crippen molar-refractivity contribution in [1.82, 2.24) is 9.97 Å². The van der Waals surface area contributed by atoms with Gasteiger partial charge < -0.3 is 10.3 Å². The standard InChI is InChI=1S/C17H16BrN3OS/c1-2-15(16(22)19-12-9-7-11(18)8-10-12)23-17-20-13-5-3-4-6-14(13)21-17/h3-10,15H,2H2,1H3,(H,19,22)(H,20,21)/t15-/m1/s1. The number of hydrogen-bond acceptors (Lipinski definition) is 3. The van der Waals surface area contributed by atoms with Gasteiger partial charge in [0, 0.05) is 10.2 Å². The Balaban J connectivity index is 1.71. The number of anilines is 1. The number of halogens is 1. The molecule has 0 spiro atoms. The molecule has 1 heterocycles. The number of aromatic amines is 1. The van der Waals surface area contributed by atoms with E-state index in [0.29, 0.717) is 0 Å². The van der Waals surface area contributed by atoms with E-state index in [2.05, 4.69) is 31.2 Å². The fourth-order valence-electron chi connectivity index (χ4n) is 2.20. The molecule has 3 aromatic rings. The van der Waals surface area contributed by atoms with Gasteiger partial charge in [0.1, 0.15) is 0 Å². The third kappa shape index (κ3) is 3.95. The third-order valence-corrected chi connectivity index (χ3v) is 5.17. The van der Waals surface area contributed by atoms with Crippen LogP contribution in [0, 0.1) is 0 Å². The van der Waals surface area contributed by atoms with Gasteiger partial charge in [0.25, 0.3) is 0 Å². The fourth-order valence-corrected chi connectivity index (χ4v) is 3.38. The van der Waals surface area contributed by atoms with Crippen molar-refractivity contribution < 1.29 is 4.79 Å². The van der Waals surface area contributed by atoms with Crippen LogP contribution in [0.1, 0.15) is 13.3 Å². The molecule has 0 aliphatic heterocycles. The lowest BCUT2D eigenvalue weighted by Gasteiger charge is -2.13. The van der Waals surface area contributed by atoms with Crippen LogP contribution in [0.4, 0.5) is 5.69 Å². The summed E-state index contributed by atoms with van der Waals surface area (Å²) >= 11 is 4.84. The Hall–Kier alpha value is -1.79. The molecule has 0 saturated heterocycles. The van der Waals surface area contributed by atoms with Crippen molar-refractivity contribution in [3.63, 3.8) is 0 Å². The predicted octanol–water partition coefficient (Wildman–Crippen LogP) is 4.83. The molecular formula is C17H16BrN3OS. The minimum atomic E-state index is -0.195. The van der Waals surface area contributed by atoms with E-state index < -0.39 is 0 Å². The minimum absolute atomic E-state index is 0.0136. The zero-order valence-corrected chi connectivity index (χ0v) is 14.9. The largest absolute Gasteiger partial charge is 0.333 e.